The minimum absolute atomic E-state index is 0.0461. The van der Waals surface area contributed by atoms with Crippen molar-refractivity contribution in [3.8, 4) is 0 Å². The molecule has 1 atom stereocenters. The third-order valence-electron chi connectivity index (χ3n) is 2.67. The largest absolute Gasteiger partial charge is 0.480 e. The summed E-state index contributed by atoms with van der Waals surface area (Å²) in [6.45, 7) is 6.46. The molecule has 0 aliphatic rings. The SMILES string of the molecule is CC(C)(C)CNC(=O)N[C@H](Cc1ccccc1)C(=O)O. The maximum Gasteiger partial charge on any atom is 0.326 e. The maximum atomic E-state index is 11.7. The number of hydrogen-bond acceptors (Lipinski definition) is 2. The van der Waals surface area contributed by atoms with Gasteiger partial charge in [-0.15, -0.1) is 0 Å². The Labute approximate surface area is 119 Å². The Kier molecular flexibility index (Phi) is 5.55. The van der Waals surface area contributed by atoms with Crippen LogP contribution in [0.5, 0.6) is 0 Å². The summed E-state index contributed by atoms with van der Waals surface area (Å²) in [6, 6.07) is 7.83. The fraction of sp³-hybridized carbons (Fsp3) is 0.467. The van der Waals surface area contributed by atoms with Crippen molar-refractivity contribution in [1.82, 2.24) is 10.6 Å². The number of aliphatic carboxylic acids is 1. The lowest BCUT2D eigenvalue weighted by Crippen LogP contribution is -2.48. The first-order valence-corrected chi connectivity index (χ1v) is 6.59. The van der Waals surface area contributed by atoms with E-state index in [1.807, 2.05) is 51.1 Å². The van der Waals surface area contributed by atoms with Crippen LogP contribution < -0.4 is 10.6 Å². The summed E-state index contributed by atoms with van der Waals surface area (Å²) in [5.41, 5.74) is 0.825. The third kappa shape index (κ3) is 6.22. The van der Waals surface area contributed by atoms with E-state index in [0.29, 0.717) is 6.54 Å². The molecule has 1 rings (SSSR count). The Bertz CT molecular complexity index is 452. The molecule has 0 unspecified atom stereocenters. The van der Waals surface area contributed by atoms with Gasteiger partial charge in [0.1, 0.15) is 6.04 Å². The first kappa shape index (κ1) is 16.0. The molecule has 0 heterocycles. The van der Waals surface area contributed by atoms with Gasteiger partial charge in [-0.3, -0.25) is 0 Å². The maximum absolute atomic E-state index is 11.7. The number of amides is 2. The van der Waals surface area contributed by atoms with Crippen LogP contribution in [0.15, 0.2) is 30.3 Å². The number of benzene rings is 1. The van der Waals surface area contributed by atoms with E-state index < -0.39 is 18.0 Å². The predicted octanol–water partition coefficient (Wildman–Crippen LogP) is 2.03. The van der Waals surface area contributed by atoms with Gasteiger partial charge in [0.15, 0.2) is 0 Å². The second kappa shape index (κ2) is 6.93. The number of urea groups is 1. The Hall–Kier alpha value is -2.04. The quantitative estimate of drug-likeness (QED) is 0.771. The van der Waals surface area contributed by atoms with Crippen LogP contribution in [0.1, 0.15) is 26.3 Å². The minimum Gasteiger partial charge on any atom is -0.480 e. The van der Waals surface area contributed by atoms with E-state index in [0.717, 1.165) is 5.56 Å². The zero-order chi connectivity index (χ0) is 15.2. The van der Waals surface area contributed by atoms with Crippen LogP contribution in [0, 0.1) is 5.41 Å². The molecule has 0 aliphatic carbocycles. The van der Waals surface area contributed by atoms with Crippen molar-refractivity contribution in [1.29, 1.82) is 0 Å². The molecule has 5 heteroatoms. The summed E-state index contributed by atoms with van der Waals surface area (Å²) in [4.78, 5) is 22.9. The van der Waals surface area contributed by atoms with Crippen molar-refractivity contribution < 1.29 is 14.7 Å². The summed E-state index contributed by atoms with van der Waals surface area (Å²) >= 11 is 0. The van der Waals surface area contributed by atoms with Gasteiger partial charge in [0.05, 0.1) is 0 Å². The molecule has 0 bridgehead atoms. The number of rotatable bonds is 5. The summed E-state index contributed by atoms with van der Waals surface area (Å²) < 4.78 is 0. The van der Waals surface area contributed by atoms with E-state index in [-0.39, 0.29) is 11.8 Å². The van der Waals surface area contributed by atoms with Crippen molar-refractivity contribution in [2.45, 2.75) is 33.2 Å². The van der Waals surface area contributed by atoms with Gasteiger partial charge in [-0.2, -0.15) is 0 Å². The Balaban J connectivity index is 2.55. The van der Waals surface area contributed by atoms with Crippen molar-refractivity contribution >= 4 is 12.0 Å². The van der Waals surface area contributed by atoms with Crippen LogP contribution in [0.4, 0.5) is 4.79 Å². The van der Waals surface area contributed by atoms with Gasteiger partial charge in [-0.1, -0.05) is 51.1 Å². The zero-order valence-corrected chi connectivity index (χ0v) is 12.1. The molecule has 0 saturated heterocycles. The molecule has 3 N–H and O–H groups in total. The molecule has 0 fully saturated rings. The van der Waals surface area contributed by atoms with Gasteiger partial charge in [0.25, 0.3) is 0 Å². The molecule has 1 aromatic carbocycles. The van der Waals surface area contributed by atoms with E-state index in [2.05, 4.69) is 10.6 Å². The molecule has 0 aliphatic heterocycles. The van der Waals surface area contributed by atoms with E-state index in [1.54, 1.807) is 0 Å². The van der Waals surface area contributed by atoms with Gasteiger partial charge in [0.2, 0.25) is 0 Å². The number of hydrogen-bond donors (Lipinski definition) is 3. The zero-order valence-electron chi connectivity index (χ0n) is 12.1. The second-order valence-electron chi connectivity index (χ2n) is 5.97. The van der Waals surface area contributed by atoms with Crippen LogP contribution in [0.25, 0.3) is 0 Å². The molecule has 5 nitrogen and oxygen atoms in total. The highest BCUT2D eigenvalue weighted by Crippen LogP contribution is 2.10. The van der Waals surface area contributed by atoms with Gasteiger partial charge < -0.3 is 15.7 Å². The summed E-state index contributed by atoms with van der Waals surface area (Å²) in [6.07, 6.45) is 0.263. The van der Waals surface area contributed by atoms with Crippen LogP contribution in [0.3, 0.4) is 0 Å². The Morgan fingerprint density at radius 3 is 2.30 bits per heavy atom. The first-order valence-electron chi connectivity index (χ1n) is 6.59. The van der Waals surface area contributed by atoms with E-state index >= 15 is 0 Å². The fourth-order valence-corrected chi connectivity index (χ4v) is 1.60. The highest BCUT2D eigenvalue weighted by Gasteiger charge is 2.21. The standard InChI is InChI=1S/C15H22N2O3/c1-15(2,3)10-16-14(20)17-12(13(18)19)9-11-7-5-4-6-8-11/h4-8,12H,9-10H2,1-3H3,(H,18,19)(H2,16,17,20)/t12-/m1/s1. The molecule has 20 heavy (non-hydrogen) atoms. The molecule has 1 aromatic rings. The molecule has 0 aromatic heterocycles. The van der Waals surface area contributed by atoms with Crippen LogP contribution >= 0.6 is 0 Å². The average molecular weight is 278 g/mol. The van der Waals surface area contributed by atoms with Crippen molar-refractivity contribution in [2.75, 3.05) is 6.54 Å². The van der Waals surface area contributed by atoms with Crippen molar-refractivity contribution in [2.24, 2.45) is 5.41 Å². The van der Waals surface area contributed by atoms with E-state index in [9.17, 15) is 9.59 Å². The van der Waals surface area contributed by atoms with Gasteiger partial charge in [-0.25, -0.2) is 9.59 Å². The third-order valence-corrected chi connectivity index (χ3v) is 2.67. The average Bonchev–Trinajstić information content (AvgIpc) is 2.36. The normalized spacial score (nSPS) is 12.6. The topological polar surface area (TPSA) is 78.4 Å². The van der Waals surface area contributed by atoms with Crippen LogP contribution in [0.2, 0.25) is 0 Å². The summed E-state index contributed by atoms with van der Waals surface area (Å²) in [5, 5.41) is 14.3. The highest BCUT2D eigenvalue weighted by molar-refractivity contribution is 5.82. The minimum atomic E-state index is -1.04. The lowest BCUT2D eigenvalue weighted by atomic mass is 9.97. The number of carbonyl (C=O) groups is 2. The van der Waals surface area contributed by atoms with Gasteiger partial charge >= 0.3 is 12.0 Å². The number of carboxylic acids is 1. The Morgan fingerprint density at radius 2 is 1.80 bits per heavy atom. The lowest BCUT2D eigenvalue weighted by molar-refractivity contribution is -0.139. The highest BCUT2D eigenvalue weighted by atomic mass is 16.4. The molecule has 0 saturated carbocycles. The smallest absolute Gasteiger partial charge is 0.326 e. The van der Waals surface area contributed by atoms with Crippen LogP contribution in [-0.2, 0) is 11.2 Å². The molecular weight excluding hydrogens is 256 g/mol. The lowest BCUT2D eigenvalue weighted by Gasteiger charge is -2.20. The van der Waals surface area contributed by atoms with Gasteiger partial charge in [0, 0.05) is 13.0 Å². The van der Waals surface area contributed by atoms with Crippen LogP contribution in [-0.4, -0.2) is 29.7 Å². The van der Waals surface area contributed by atoms with Gasteiger partial charge in [-0.05, 0) is 11.0 Å². The number of carbonyl (C=O) groups excluding carboxylic acids is 1. The monoisotopic (exact) mass is 278 g/mol. The molecule has 2 amide bonds. The Morgan fingerprint density at radius 1 is 1.20 bits per heavy atom. The predicted molar refractivity (Wildman–Crippen MR) is 77.6 cm³/mol. The summed E-state index contributed by atoms with van der Waals surface area (Å²) in [5.74, 6) is -1.04. The first-order chi connectivity index (χ1) is 9.28. The molecular formula is C15H22N2O3. The number of nitrogens with one attached hydrogen (secondary N) is 2. The summed E-state index contributed by atoms with van der Waals surface area (Å²) in [7, 11) is 0. The molecule has 0 radical (unpaired) electrons. The van der Waals surface area contributed by atoms with E-state index in [4.69, 9.17) is 5.11 Å². The van der Waals surface area contributed by atoms with Crippen molar-refractivity contribution in [3.05, 3.63) is 35.9 Å². The second-order valence-corrected chi connectivity index (χ2v) is 5.97. The fourth-order valence-electron chi connectivity index (χ4n) is 1.60. The molecule has 110 valence electrons. The molecule has 0 spiro atoms. The van der Waals surface area contributed by atoms with E-state index in [1.165, 1.54) is 0 Å². The van der Waals surface area contributed by atoms with Crippen molar-refractivity contribution in [3.63, 3.8) is 0 Å². The number of carboxylic acid groups (broad SMARTS) is 1.